The van der Waals surface area contributed by atoms with Crippen LogP contribution in [0.15, 0.2) is 121 Å². The van der Waals surface area contributed by atoms with E-state index >= 15 is 0 Å². The van der Waals surface area contributed by atoms with Gasteiger partial charge in [0.25, 0.3) is 0 Å². The van der Waals surface area contributed by atoms with Crippen molar-refractivity contribution in [3.8, 4) is 0 Å². The molecule has 0 spiro atoms. The Labute approximate surface area is 202 Å². The van der Waals surface area contributed by atoms with Crippen molar-refractivity contribution in [1.82, 2.24) is 4.98 Å². The van der Waals surface area contributed by atoms with Gasteiger partial charge in [-0.05, 0) is 58.2 Å². The number of benzene rings is 4. The van der Waals surface area contributed by atoms with E-state index in [1.807, 2.05) is 0 Å². The van der Waals surface area contributed by atoms with Gasteiger partial charge in [0.05, 0.1) is 0 Å². The maximum absolute atomic E-state index is 3.44. The second kappa shape index (κ2) is 10.7. The molecule has 4 aromatic carbocycles. The number of rotatable bonds is 2. The molecule has 0 saturated heterocycles. The minimum atomic E-state index is 0.968. The molecule has 0 saturated carbocycles. The van der Waals surface area contributed by atoms with Gasteiger partial charge in [-0.3, -0.25) is 0 Å². The Morgan fingerprint density at radius 3 is 1.74 bits per heavy atom. The topological polar surface area (TPSA) is 15.8 Å². The summed E-state index contributed by atoms with van der Waals surface area (Å²) in [7, 11) is 0.968. The van der Waals surface area contributed by atoms with Crippen molar-refractivity contribution in [2.45, 2.75) is 12.8 Å². The minimum Gasteiger partial charge on any atom is -0.367 e. The second-order valence-electron chi connectivity index (χ2n) is 8.65. The fraction of sp³-hybridized carbons (Fsp3) is 0.0625. The van der Waals surface area contributed by atoms with Crippen LogP contribution in [-0.2, 0) is 12.8 Å². The molecule has 0 atom stereocenters. The van der Waals surface area contributed by atoms with Crippen LogP contribution >= 0.6 is 0 Å². The van der Waals surface area contributed by atoms with Crippen LogP contribution in [0.2, 0.25) is 0 Å². The number of allylic oxidation sites excluding steroid dienone is 2. The lowest BCUT2D eigenvalue weighted by Gasteiger charge is -1.95. The third-order valence-corrected chi connectivity index (χ3v) is 6.20. The Bertz CT molecular complexity index is 1340. The van der Waals surface area contributed by atoms with Gasteiger partial charge >= 0.3 is 0 Å². The zero-order valence-corrected chi connectivity index (χ0v) is 19.3. The molecule has 1 heterocycles. The van der Waals surface area contributed by atoms with Gasteiger partial charge in [-0.15, -0.1) is 0 Å². The third-order valence-electron chi connectivity index (χ3n) is 6.20. The summed E-state index contributed by atoms with van der Waals surface area (Å²) in [5.41, 5.74) is 9.51. The van der Waals surface area contributed by atoms with Gasteiger partial charge < -0.3 is 4.98 Å². The fourth-order valence-electron chi connectivity index (χ4n) is 4.44. The van der Waals surface area contributed by atoms with Gasteiger partial charge in [0.2, 0.25) is 7.28 Å². The van der Waals surface area contributed by atoms with Crippen molar-refractivity contribution < 1.29 is 0 Å². The van der Waals surface area contributed by atoms with Gasteiger partial charge in [-0.2, -0.15) is 0 Å². The van der Waals surface area contributed by atoms with Crippen LogP contribution < -0.4 is 11.1 Å². The Morgan fingerprint density at radius 2 is 1.12 bits per heavy atom. The molecule has 5 aromatic rings. The maximum atomic E-state index is 3.44. The van der Waals surface area contributed by atoms with Crippen LogP contribution in [0.4, 0.5) is 0 Å². The summed E-state index contributed by atoms with van der Waals surface area (Å²) in [5.74, 6) is 0. The molecule has 164 valence electrons. The Kier molecular flexibility index (Phi) is 6.87. The number of aromatic amines is 1. The van der Waals surface area contributed by atoms with Crippen molar-refractivity contribution in [2.75, 3.05) is 0 Å². The van der Waals surface area contributed by atoms with E-state index < -0.39 is 0 Å². The lowest BCUT2D eigenvalue weighted by Crippen LogP contribution is -2.27. The molecular weight excluding hydrogens is 409 g/mol. The first kappa shape index (κ1) is 21.8. The number of H-pyrrole nitrogens is 1. The maximum Gasteiger partial charge on any atom is 0.213 e. The van der Waals surface area contributed by atoms with Crippen molar-refractivity contribution >= 4 is 41.4 Å². The van der Waals surface area contributed by atoms with E-state index in [1.54, 1.807) is 0 Å². The largest absolute Gasteiger partial charge is 0.367 e. The van der Waals surface area contributed by atoms with E-state index in [-0.39, 0.29) is 0 Å². The summed E-state index contributed by atoms with van der Waals surface area (Å²) in [6.45, 7) is 0. The Balaban J connectivity index is 0.000000114. The highest BCUT2D eigenvalue weighted by Crippen LogP contribution is 2.18. The highest BCUT2D eigenvalue weighted by molar-refractivity contribution is 6.66. The quantitative estimate of drug-likeness (QED) is 0.323. The predicted octanol–water partition coefficient (Wildman–Crippen LogP) is 6.07. The van der Waals surface area contributed by atoms with Crippen LogP contribution in [0.5, 0.6) is 0 Å². The first-order chi connectivity index (χ1) is 16.8. The molecule has 2 heteroatoms. The van der Waals surface area contributed by atoms with E-state index in [2.05, 4.69) is 138 Å². The Morgan fingerprint density at radius 1 is 0.559 bits per heavy atom. The van der Waals surface area contributed by atoms with Crippen LogP contribution in [-0.4, -0.2) is 12.3 Å². The number of hydrogen-bond acceptors (Lipinski definition) is 0. The number of nitrogens with one attached hydrogen (secondary N) is 1. The molecule has 0 aliphatic heterocycles. The average molecular weight is 437 g/mol. The molecule has 0 bridgehead atoms. The van der Waals surface area contributed by atoms with Crippen molar-refractivity contribution in [3.05, 3.63) is 144 Å². The summed E-state index contributed by atoms with van der Waals surface area (Å²) in [4.78, 5) is 3.44. The summed E-state index contributed by atoms with van der Waals surface area (Å²) in [5, 5.41) is 1.29. The molecule has 1 nitrogen and oxygen atoms in total. The van der Waals surface area contributed by atoms with E-state index in [0.29, 0.717) is 0 Å². The molecule has 2 aliphatic rings. The number of aromatic nitrogens is 1. The monoisotopic (exact) mass is 437 g/mol. The van der Waals surface area contributed by atoms with Crippen molar-refractivity contribution in [3.63, 3.8) is 0 Å². The molecule has 1 N–H and O–H groups in total. The molecule has 7 rings (SSSR count). The highest BCUT2D eigenvalue weighted by atomic mass is 14.7. The van der Waals surface area contributed by atoms with E-state index in [9.17, 15) is 0 Å². The minimum absolute atomic E-state index is 0.968. The third kappa shape index (κ3) is 5.47. The second-order valence-corrected chi connectivity index (χ2v) is 8.65. The number of fused-ring (bicyclic) bond motifs is 3. The lowest BCUT2D eigenvalue weighted by atomic mass is 9.67. The SMILES string of the molecule is B(c1ccccc1)c1cc2ccccc2[nH]1.C1=Cc2ccccc2C1.C1=Cc2ccccc2C1. The summed E-state index contributed by atoms with van der Waals surface area (Å²) in [6.07, 6.45) is 11.0. The van der Waals surface area contributed by atoms with Gasteiger partial charge in [0.1, 0.15) is 0 Å². The number of hydrogen-bond donors (Lipinski definition) is 1. The van der Waals surface area contributed by atoms with Gasteiger partial charge in [-0.1, -0.05) is 127 Å². The van der Waals surface area contributed by atoms with Crippen LogP contribution in [0, 0.1) is 0 Å². The zero-order chi connectivity index (χ0) is 23.0. The van der Waals surface area contributed by atoms with E-state index in [1.165, 1.54) is 44.2 Å². The molecule has 0 fully saturated rings. The van der Waals surface area contributed by atoms with Crippen LogP contribution in [0.25, 0.3) is 23.1 Å². The molecule has 0 amide bonds. The smallest absolute Gasteiger partial charge is 0.213 e. The summed E-state index contributed by atoms with van der Waals surface area (Å²) in [6, 6.07) is 38.1. The normalized spacial score (nSPS) is 12.2. The lowest BCUT2D eigenvalue weighted by molar-refractivity contribution is 1.31. The van der Waals surface area contributed by atoms with E-state index in [0.717, 1.165) is 20.1 Å². The summed E-state index contributed by atoms with van der Waals surface area (Å²) >= 11 is 0. The fourth-order valence-corrected chi connectivity index (χ4v) is 4.44. The number of para-hydroxylation sites is 1. The van der Waals surface area contributed by atoms with Crippen LogP contribution in [0.3, 0.4) is 0 Å². The van der Waals surface area contributed by atoms with Crippen LogP contribution in [0.1, 0.15) is 22.3 Å². The summed E-state index contributed by atoms with van der Waals surface area (Å²) < 4.78 is 0. The standard InChI is InChI=1S/C14H12BN.2C9H8/c1-2-7-12(8-3-1)15-14-10-11-6-4-5-9-13(11)16-14;2*1-2-5-9-7-3-6-8(9)4-1/h1-10,15-16H;2*1-6H,7H2. The molecule has 2 aliphatic carbocycles. The molecule has 0 unspecified atom stereocenters. The van der Waals surface area contributed by atoms with Gasteiger partial charge in [0, 0.05) is 5.52 Å². The first-order valence-electron chi connectivity index (χ1n) is 11.9. The van der Waals surface area contributed by atoms with Crippen molar-refractivity contribution in [1.29, 1.82) is 0 Å². The highest BCUT2D eigenvalue weighted by Gasteiger charge is 2.03. The first-order valence-corrected chi connectivity index (χ1v) is 11.9. The molecular formula is C32H28BN. The Hall–Kier alpha value is -4.04. The average Bonchev–Trinajstić information content (AvgIpc) is 3.64. The molecule has 34 heavy (non-hydrogen) atoms. The van der Waals surface area contributed by atoms with Gasteiger partial charge in [0.15, 0.2) is 0 Å². The predicted molar refractivity (Wildman–Crippen MR) is 150 cm³/mol. The molecule has 1 aromatic heterocycles. The van der Waals surface area contributed by atoms with E-state index in [4.69, 9.17) is 0 Å². The molecule has 0 radical (unpaired) electrons. The van der Waals surface area contributed by atoms with Crippen molar-refractivity contribution in [2.24, 2.45) is 0 Å². The zero-order valence-electron chi connectivity index (χ0n) is 19.3. The van der Waals surface area contributed by atoms with Gasteiger partial charge in [-0.25, -0.2) is 0 Å².